The maximum atomic E-state index is 9.70. The maximum Gasteiger partial charge on any atom is 0.149 e. The van der Waals surface area contributed by atoms with Crippen LogP contribution >= 0.6 is 15.9 Å². The second-order valence-corrected chi connectivity index (χ2v) is 7.33. The highest BCUT2D eigenvalue weighted by Gasteiger charge is 2.13. The van der Waals surface area contributed by atoms with E-state index in [1.54, 1.807) is 0 Å². The Labute approximate surface area is 165 Å². The summed E-state index contributed by atoms with van der Waals surface area (Å²) in [4.78, 5) is 7.78. The fourth-order valence-corrected chi connectivity index (χ4v) is 3.72. The largest absolute Gasteiger partial charge is 0.337 e. The second-order valence-electron chi connectivity index (χ2n) is 6.41. The first kappa shape index (κ1) is 17.3. The van der Waals surface area contributed by atoms with E-state index in [0.717, 1.165) is 38.1 Å². The van der Waals surface area contributed by atoms with E-state index in [0.29, 0.717) is 11.4 Å². The van der Waals surface area contributed by atoms with Crippen molar-refractivity contribution in [3.63, 3.8) is 0 Å². The van der Waals surface area contributed by atoms with Gasteiger partial charge in [0.1, 0.15) is 11.9 Å². The lowest BCUT2D eigenvalue weighted by Gasteiger charge is -2.10. The summed E-state index contributed by atoms with van der Waals surface area (Å²) in [7, 11) is 0. The van der Waals surface area contributed by atoms with Gasteiger partial charge in [0, 0.05) is 21.5 Å². The highest BCUT2D eigenvalue weighted by molar-refractivity contribution is 9.10. The van der Waals surface area contributed by atoms with Crippen molar-refractivity contribution in [2.24, 2.45) is 0 Å². The molecule has 2 aromatic carbocycles. The molecule has 4 nitrogen and oxygen atoms in total. The minimum Gasteiger partial charge on any atom is -0.337 e. The Morgan fingerprint density at radius 2 is 1.96 bits per heavy atom. The first-order chi connectivity index (χ1) is 13.1. The van der Waals surface area contributed by atoms with Gasteiger partial charge in [-0.2, -0.15) is 5.26 Å². The summed E-state index contributed by atoms with van der Waals surface area (Å²) in [5.74, 6) is 0.589. The maximum absolute atomic E-state index is 9.70. The Kier molecular flexibility index (Phi) is 4.43. The van der Waals surface area contributed by atoms with E-state index in [2.05, 4.69) is 68.6 Å². The lowest BCUT2D eigenvalue weighted by atomic mass is 10.1. The zero-order valence-electron chi connectivity index (χ0n) is 15.0. The Morgan fingerprint density at radius 3 is 2.70 bits per heavy atom. The van der Waals surface area contributed by atoms with Crippen LogP contribution in [0.5, 0.6) is 0 Å². The van der Waals surface area contributed by atoms with Gasteiger partial charge in [-0.05, 0) is 61.9 Å². The number of fused-ring (bicyclic) bond motifs is 1. The number of allylic oxidation sites excluding steroid dienone is 1. The number of nitrogens with one attached hydrogen (secondary N) is 1. The van der Waals surface area contributed by atoms with Crippen LogP contribution in [0.2, 0.25) is 0 Å². The highest BCUT2D eigenvalue weighted by Crippen LogP contribution is 2.26. The fourth-order valence-electron chi connectivity index (χ4n) is 3.34. The number of benzene rings is 2. The van der Waals surface area contributed by atoms with Gasteiger partial charge in [0.25, 0.3) is 0 Å². The number of aromatic nitrogens is 3. The Bertz CT molecular complexity index is 1190. The number of aromatic amines is 1. The number of hydrogen-bond donors (Lipinski definition) is 1. The molecule has 0 unspecified atom stereocenters. The van der Waals surface area contributed by atoms with Crippen molar-refractivity contribution >= 4 is 38.6 Å². The van der Waals surface area contributed by atoms with Gasteiger partial charge in [-0.1, -0.05) is 34.1 Å². The summed E-state index contributed by atoms with van der Waals surface area (Å²) in [6.45, 7) is 4.13. The molecule has 0 fully saturated rings. The van der Waals surface area contributed by atoms with Gasteiger partial charge in [0.15, 0.2) is 0 Å². The average Bonchev–Trinajstić information content (AvgIpc) is 3.20. The zero-order chi connectivity index (χ0) is 19.0. The molecule has 0 saturated heterocycles. The predicted molar refractivity (Wildman–Crippen MR) is 113 cm³/mol. The Balaban J connectivity index is 1.81. The third kappa shape index (κ3) is 3.20. The van der Waals surface area contributed by atoms with E-state index in [9.17, 15) is 5.26 Å². The summed E-state index contributed by atoms with van der Waals surface area (Å²) in [6, 6.07) is 20.3. The molecule has 4 rings (SSSR count). The van der Waals surface area contributed by atoms with Gasteiger partial charge in [-0.3, -0.25) is 0 Å². The van der Waals surface area contributed by atoms with Crippen molar-refractivity contribution in [2.45, 2.75) is 13.8 Å². The molecule has 0 spiro atoms. The van der Waals surface area contributed by atoms with Crippen LogP contribution in [0.3, 0.4) is 0 Å². The molecule has 0 saturated carbocycles. The van der Waals surface area contributed by atoms with E-state index in [4.69, 9.17) is 0 Å². The number of aryl methyl sites for hydroxylation is 1. The summed E-state index contributed by atoms with van der Waals surface area (Å²) in [5, 5.41) is 9.70. The van der Waals surface area contributed by atoms with Gasteiger partial charge >= 0.3 is 0 Å². The lowest BCUT2D eigenvalue weighted by Crippen LogP contribution is -1.98. The number of rotatable bonds is 3. The average molecular weight is 417 g/mol. The zero-order valence-corrected chi connectivity index (χ0v) is 16.6. The van der Waals surface area contributed by atoms with E-state index >= 15 is 0 Å². The number of imidazole rings is 1. The molecule has 4 aromatic rings. The number of nitrogens with zero attached hydrogens (tertiary/aromatic N) is 3. The van der Waals surface area contributed by atoms with E-state index < -0.39 is 0 Å². The first-order valence-electron chi connectivity index (χ1n) is 8.58. The number of halogens is 1. The van der Waals surface area contributed by atoms with Crippen LogP contribution in [-0.2, 0) is 0 Å². The molecule has 0 bridgehead atoms. The van der Waals surface area contributed by atoms with Crippen molar-refractivity contribution in [3.05, 3.63) is 81.8 Å². The van der Waals surface area contributed by atoms with E-state index in [1.165, 1.54) is 0 Å². The van der Waals surface area contributed by atoms with Crippen molar-refractivity contribution in [3.8, 4) is 11.8 Å². The molecule has 0 aliphatic carbocycles. The summed E-state index contributed by atoms with van der Waals surface area (Å²) in [5.41, 5.74) is 6.57. The predicted octanol–water partition coefficient (Wildman–Crippen LogP) is 5.80. The smallest absolute Gasteiger partial charge is 0.149 e. The molecule has 2 heterocycles. The molecule has 0 radical (unpaired) electrons. The van der Waals surface area contributed by atoms with Crippen LogP contribution in [0, 0.1) is 25.2 Å². The molecule has 1 N–H and O–H groups in total. The highest BCUT2D eigenvalue weighted by atomic mass is 79.9. The topological polar surface area (TPSA) is 57.4 Å². The van der Waals surface area contributed by atoms with Crippen molar-refractivity contribution in [2.75, 3.05) is 0 Å². The van der Waals surface area contributed by atoms with Gasteiger partial charge in [0.2, 0.25) is 0 Å². The first-order valence-corrected chi connectivity index (χ1v) is 9.38. The van der Waals surface area contributed by atoms with Gasteiger partial charge in [0.05, 0.1) is 16.6 Å². The summed E-state index contributed by atoms with van der Waals surface area (Å²) < 4.78 is 3.22. The van der Waals surface area contributed by atoms with Crippen LogP contribution in [0.4, 0.5) is 0 Å². The number of hydrogen-bond acceptors (Lipinski definition) is 2. The molecule has 27 heavy (non-hydrogen) atoms. The molecule has 5 heteroatoms. The van der Waals surface area contributed by atoms with Crippen LogP contribution in [0.25, 0.3) is 28.4 Å². The Hall–Kier alpha value is -3.10. The van der Waals surface area contributed by atoms with Crippen molar-refractivity contribution in [1.82, 2.24) is 14.5 Å². The molecule has 132 valence electrons. The molecule has 2 aromatic heterocycles. The number of H-pyrrole nitrogens is 1. The normalized spacial score (nSPS) is 11.7. The number of nitriles is 1. The number of para-hydroxylation sites is 2. The second kappa shape index (κ2) is 6.90. The summed E-state index contributed by atoms with van der Waals surface area (Å²) >= 11 is 3.53. The van der Waals surface area contributed by atoms with Gasteiger partial charge in [-0.25, -0.2) is 4.98 Å². The van der Waals surface area contributed by atoms with Crippen LogP contribution in [0.15, 0.2) is 59.1 Å². The fraction of sp³-hybridized carbons (Fsp3) is 0.0909. The van der Waals surface area contributed by atoms with Crippen molar-refractivity contribution < 1.29 is 0 Å². The molecular formula is C22H17BrN4. The lowest BCUT2D eigenvalue weighted by molar-refractivity contribution is 0.963. The molecular weight excluding hydrogens is 400 g/mol. The monoisotopic (exact) mass is 416 g/mol. The third-order valence-corrected chi connectivity index (χ3v) is 5.09. The standard InChI is InChI=1S/C22H17BrN4/c1-14-10-16(15(2)27(14)19-7-5-6-18(23)12-19)11-17(13-24)22-25-20-8-3-4-9-21(20)26-22/h3-12H,1-2H3,(H,25,26). The van der Waals surface area contributed by atoms with Crippen LogP contribution in [0.1, 0.15) is 22.8 Å². The molecule has 0 aliphatic heterocycles. The van der Waals surface area contributed by atoms with Crippen LogP contribution in [-0.4, -0.2) is 14.5 Å². The quantitative estimate of drug-likeness (QED) is 0.429. The summed E-state index contributed by atoms with van der Waals surface area (Å²) in [6.07, 6.45) is 1.90. The van der Waals surface area contributed by atoms with Gasteiger partial charge < -0.3 is 9.55 Å². The Morgan fingerprint density at radius 1 is 1.15 bits per heavy atom. The third-order valence-electron chi connectivity index (χ3n) is 4.60. The van der Waals surface area contributed by atoms with Crippen molar-refractivity contribution in [1.29, 1.82) is 5.26 Å². The minimum atomic E-state index is 0.515. The molecule has 0 atom stereocenters. The molecule has 0 amide bonds. The SMILES string of the molecule is Cc1cc(C=C(C#N)c2nc3ccccc3[nH]2)c(C)n1-c1cccc(Br)c1. The van der Waals surface area contributed by atoms with E-state index in [-0.39, 0.29) is 0 Å². The molecule has 0 aliphatic rings. The minimum absolute atomic E-state index is 0.515. The van der Waals surface area contributed by atoms with Crippen LogP contribution < -0.4 is 0 Å². The van der Waals surface area contributed by atoms with Gasteiger partial charge in [-0.15, -0.1) is 0 Å². The van der Waals surface area contributed by atoms with E-state index in [1.807, 2.05) is 42.5 Å².